The van der Waals surface area contributed by atoms with E-state index in [1.807, 2.05) is 20.8 Å². The van der Waals surface area contributed by atoms with Gasteiger partial charge in [0.1, 0.15) is 5.15 Å². The molecule has 0 spiro atoms. The Bertz CT molecular complexity index is 308. The predicted octanol–water partition coefficient (Wildman–Crippen LogP) is 2.24. The molecule has 15 heavy (non-hydrogen) atoms. The summed E-state index contributed by atoms with van der Waals surface area (Å²) in [5, 5.41) is 12.7. The zero-order valence-electron chi connectivity index (χ0n) is 8.99. The number of aliphatic hydroxyl groups excluding tert-OH is 1. The monoisotopic (exact) mass is 230 g/mol. The molecule has 1 heterocycles. The summed E-state index contributed by atoms with van der Waals surface area (Å²) in [7, 11) is 0. The summed E-state index contributed by atoms with van der Waals surface area (Å²) in [5.74, 6) is 0. The van der Waals surface area contributed by atoms with Crippen LogP contribution in [0.5, 0.6) is 0 Å². The van der Waals surface area contributed by atoms with Crippen molar-refractivity contribution in [2.75, 3.05) is 5.32 Å². The molecular formula is C10H15ClN2O2. The fourth-order valence-electron chi connectivity index (χ4n) is 0.968. The van der Waals surface area contributed by atoms with Gasteiger partial charge in [0.2, 0.25) is 6.41 Å². The van der Waals surface area contributed by atoms with Crippen LogP contribution in [0.3, 0.4) is 0 Å². The number of halogens is 1. The lowest BCUT2D eigenvalue weighted by atomic mass is 10.2. The van der Waals surface area contributed by atoms with Gasteiger partial charge in [-0.2, -0.15) is 0 Å². The van der Waals surface area contributed by atoms with E-state index in [-0.39, 0.29) is 0 Å². The van der Waals surface area contributed by atoms with Gasteiger partial charge >= 0.3 is 0 Å². The summed E-state index contributed by atoms with van der Waals surface area (Å²) >= 11 is 5.62. The van der Waals surface area contributed by atoms with Crippen LogP contribution in [0, 0.1) is 0 Å². The molecular weight excluding hydrogens is 216 g/mol. The third-order valence-corrected chi connectivity index (χ3v) is 1.71. The van der Waals surface area contributed by atoms with Gasteiger partial charge in [0, 0.05) is 0 Å². The number of aromatic nitrogens is 1. The molecule has 0 saturated heterocycles. The van der Waals surface area contributed by atoms with E-state index in [0.717, 1.165) is 0 Å². The lowest BCUT2D eigenvalue weighted by molar-refractivity contribution is -0.148. The van der Waals surface area contributed by atoms with Crippen molar-refractivity contribution < 1.29 is 9.84 Å². The second-order valence-corrected chi connectivity index (χ2v) is 4.48. The number of anilines is 1. The fraction of sp³-hybridized carbons (Fsp3) is 0.500. The van der Waals surface area contributed by atoms with Gasteiger partial charge in [-0.15, -0.1) is 0 Å². The van der Waals surface area contributed by atoms with Gasteiger partial charge in [-0.25, -0.2) is 4.98 Å². The van der Waals surface area contributed by atoms with E-state index < -0.39 is 12.0 Å². The first-order valence-corrected chi connectivity index (χ1v) is 4.98. The summed E-state index contributed by atoms with van der Waals surface area (Å²) in [5.41, 5.74) is 0.239. The Morgan fingerprint density at radius 3 is 2.60 bits per heavy atom. The van der Waals surface area contributed by atoms with Crippen molar-refractivity contribution in [3.63, 3.8) is 0 Å². The van der Waals surface area contributed by atoms with E-state index >= 15 is 0 Å². The second-order valence-electron chi connectivity index (χ2n) is 4.10. The highest BCUT2D eigenvalue weighted by atomic mass is 35.5. The summed E-state index contributed by atoms with van der Waals surface area (Å²) in [4.78, 5) is 3.86. The third kappa shape index (κ3) is 4.97. The molecule has 1 aromatic rings. The standard InChI is InChI=1S/C10H15ClN2O2/c1-10(2,3)15-9(14)13-7-4-5-8(11)12-6-7/h4-6,9,13-14H,1-3H3. The minimum absolute atomic E-state index is 0.409. The van der Waals surface area contributed by atoms with E-state index in [9.17, 15) is 5.11 Å². The molecule has 0 aromatic carbocycles. The number of hydrogen-bond acceptors (Lipinski definition) is 4. The Morgan fingerprint density at radius 2 is 2.13 bits per heavy atom. The first kappa shape index (κ1) is 12.2. The molecule has 84 valence electrons. The largest absolute Gasteiger partial charge is 0.351 e. The van der Waals surface area contributed by atoms with Crippen LogP contribution in [0.25, 0.3) is 0 Å². The van der Waals surface area contributed by atoms with E-state index in [1.165, 1.54) is 6.20 Å². The van der Waals surface area contributed by atoms with Crippen LogP contribution >= 0.6 is 11.6 Å². The highest BCUT2D eigenvalue weighted by molar-refractivity contribution is 6.29. The van der Waals surface area contributed by atoms with Crippen LogP contribution in [0.4, 0.5) is 5.69 Å². The highest BCUT2D eigenvalue weighted by Crippen LogP contribution is 2.14. The molecule has 0 radical (unpaired) electrons. The quantitative estimate of drug-likeness (QED) is 0.618. The molecule has 2 N–H and O–H groups in total. The molecule has 0 fully saturated rings. The first-order chi connectivity index (χ1) is 6.87. The Balaban J connectivity index is 2.51. The Kier molecular flexibility index (Phi) is 3.90. The first-order valence-electron chi connectivity index (χ1n) is 4.61. The van der Waals surface area contributed by atoms with E-state index in [2.05, 4.69) is 10.3 Å². The van der Waals surface area contributed by atoms with E-state index in [1.54, 1.807) is 12.1 Å². The Hall–Kier alpha value is -0.840. The van der Waals surface area contributed by atoms with E-state index in [0.29, 0.717) is 10.8 Å². The van der Waals surface area contributed by atoms with Crippen LogP contribution in [0.15, 0.2) is 18.3 Å². The van der Waals surface area contributed by atoms with Crippen molar-refractivity contribution in [3.8, 4) is 0 Å². The second kappa shape index (κ2) is 4.79. The molecule has 0 amide bonds. The van der Waals surface area contributed by atoms with Gasteiger partial charge in [0.05, 0.1) is 17.5 Å². The minimum Gasteiger partial charge on any atom is -0.351 e. The molecule has 0 aliphatic heterocycles. The minimum atomic E-state index is -1.06. The highest BCUT2D eigenvalue weighted by Gasteiger charge is 2.16. The number of rotatable bonds is 3. The predicted molar refractivity (Wildman–Crippen MR) is 59.7 cm³/mol. The van der Waals surface area contributed by atoms with Crippen LogP contribution in [0.2, 0.25) is 5.15 Å². The van der Waals surface area contributed by atoms with Crippen LogP contribution < -0.4 is 5.32 Å². The molecule has 4 nitrogen and oxygen atoms in total. The fourth-order valence-corrected chi connectivity index (χ4v) is 1.08. The van der Waals surface area contributed by atoms with Crippen molar-refractivity contribution in [1.82, 2.24) is 4.98 Å². The summed E-state index contributed by atoms with van der Waals surface area (Å²) < 4.78 is 5.26. The van der Waals surface area contributed by atoms with Crippen LogP contribution in [-0.4, -0.2) is 22.1 Å². The maximum absolute atomic E-state index is 9.51. The lowest BCUT2D eigenvalue weighted by Gasteiger charge is -2.24. The maximum Gasteiger partial charge on any atom is 0.235 e. The molecule has 1 atom stereocenters. The number of ether oxygens (including phenoxy) is 1. The van der Waals surface area contributed by atoms with Gasteiger partial charge in [-0.1, -0.05) is 11.6 Å². The maximum atomic E-state index is 9.51. The van der Waals surface area contributed by atoms with Crippen LogP contribution in [0.1, 0.15) is 20.8 Å². The third-order valence-electron chi connectivity index (χ3n) is 1.48. The van der Waals surface area contributed by atoms with Gasteiger partial charge < -0.3 is 15.2 Å². The Labute approximate surface area is 94.2 Å². The number of hydrogen-bond donors (Lipinski definition) is 2. The lowest BCUT2D eigenvalue weighted by Crippen LogP contribution is -2.32. The van der Waals surface area contributed by atoms with Gasteiger partial charge in [0.15, 0.2) is 0 Å². The molecule has 1 aromatic heterocycles. The molecule has 0 bridgehead atoms. The normalized spacial score (nSPS) is 13.7. The summed E-state index contributed by atoms with van der Waals surface area (Å²) in [6, 6.07) is 3.35. The smallest absolute Gasteiger partial charge is 0.235 e. The van der Waals surface area contributed by atoms with Gasteiger partial charge in [-0.3, -0.25) is 0 Å². The zero-order chi connectivity index (χ0) is 11.5. The number of nitrogens with zero attached hydrogens (tertiary/aromatic N) is 1. The number of pyridine rings is 1. The topological polar surface area (TPSA) is 54.4 Å². The molecule has 0 aliphatic carbocycles. The average Bonchev–Trinajstić information content (AvgIpc) is 2.05. The number of aliphatic hydroxyl groups is 1. The molecule has 1 rings (SSSR count). The van der Waals surface area contributed by atoms with E-state index in [4.69, 9.17) is 16.3 Å². The average molecular weight is 231 g/mol. The van der Waals surface area contributed by atoms with Crippen molar-refractivity contribution in [1.29, 1.82) is 0 Å². The Morgan fingerprint density at radius 1 is 1.47 bits per heavy atom. The zero-order valence-corrected chi connectivity index (χ0v) is 9.75. The summed E-state index contributed by atoms with van der Waals surface area (Å²) in [6.07, 6.45) is 0.463. The van der Waals surface area contributed by atoms with Crippen molar-refractivity contribution in [2.24, 2.45) is 0 Å². The van der Waals surface area contributed by atoms with Gasteiger partial charge in [-0.05, 0) is 32.9 Å². The molecule has 0 aliphatic rings. The summed E-state index contributed by atoms with van der Waals surface area (Å²) in [6.45, 7) is 5.58. The molecule has 0 saturated carbocycles. The van der Waals surface area contributed by atoms with Crippen molar-refractivity contribution >= 4 is 17.3 Å². The van der Waals surface area contributed by atoms with Crippen molar-refractivity contribution in [3.05, 3.63) is 23.5 Å². The molecule has 5 heteroatoms. The van der Waals surface area contributed by atoms with Crippen LogP contribution in [-0.2, 0) is 4.74 Å². The van der Waals surface area contributed by atoms with Crippen molar-refractivity contribution in [2.45, 2.75) is 32.8 Å². The van der Waals surface area contributed by atoms with Gasteiger partial charge in [0.25, 0.3) is 0 Å². The SMILES string of the molecule is CC(C)(C)OC(O)Nc1ccc(Cl)nc1. The molecule has 1 unspecified atom stereocenters. The number of nitrogens with one attached hydrogen (secondary N) is 1.